The van der Waals surface area contributed by atoms with Crippen LogP contribution in [-0.2, 0) is 13.1 Å². The van der Waals surface area contributed by atoms with Crippen molar-refractivity contribution in [2.75, 3.05) is 6.54 Å². The molecule has 3 nitrogen and oxygen atoms in total. The van der Waals surface area contributed by atoms with Gasteiger partial charge in [-0.05, 0) is 23.3 Å². The van der Waals surface area contributed by atoms with Crippen LogP contribution in [0.4, 0.5) is 8.78 Å². The van der Waals surface area contributed by atoms with Gasteiger partial charge in [0, 0.05) is 18.7 Å². The third-order valence-corrected chi connectivity index (χ3v) is 2.52. The Balaban J connectivity index is 0.00000144. The van der Waals surface area contributed by atoms with Crippen molar-refractivity contribution in [3.05, 3.63) is 34.9 Å². The third-order valence-electron chi connectivity index (χ3n) is 2.52. The fraction of sp³-hybridized carbons (Fsp3) is 0.364. The van der Waals surface area contributed by atoms with Gasteiger partial charge in [0.15, 0.2) is 0 Å². The standard InChI is InChI=1S/C11H12F2N2O.ClH/c12-10(13)6-15-11(16)7-1-2-8-4-14-5-9(8)3-7;/h1-3,10,14H,4-6H2,(H,15,16);1H. The Bertz CT molecular complexity index is 412. The molecule has 0 bridgehead atoms. The van der Waals surface area contributed by atoms with Crippen molar-refractivity contribution < 1.29 is 13.6 Å². The molecule has 0 aliphatic carbocycles. The van der Waals surface area contributed by atoms with Crippen molar-refractivity contribution in [1.29, 1.82) is 0 Å². The minimum atomic E-state index is -2.51. The van der Waals surface area contributed by atoms with Crippen LogP contribution in [0.1, 0.15) is 21.5 Å². The summed E-state index contributed by atoms with van der Waals surface area (Å²) in [6.45, 7) is 0.924. The highest BCUT2D eigenvalue weighted by Crippen LogP contribution is 2.16. The van der Waals surface area contributed by atoms with Crippen molar-refractivity contribution in [2.24, 2.45) is 0 Å². The molecule has 0 radical (unpaired) electrons. The summed E-state index contributed by atoms with van der Waals surface area (Å²) >= 11 is 0. The summed E-state index contributed by atoms with van der Waals surface area (Å²) in [4.78, 5) is 11.5. The number of carbonyl (C=O) groups is 1. The van der Waals surface area contributed by atoms with E-state index in [0.717, 1.165) is 24.2 Å². The summed E-state index contributed by atoms with van der Waals surface area (Å²) in [6.07, 6.45) is -2.51. The maximum absolute atomic E-state index is 11.9. The molecule has 6 heteroatoms. The summed E-state index contributed by atoms with van der Waals surface area (Å²) in [5.41, 5.74) is 2.65. The highest BCUT2D eigenvalue weighted by atomic mass is 35.5. The van der Waals surface area contributed by atoms with Crippen LogP contribution >= 0.6 is 12.4 Å². The fourth-order valence-corrected chi connectivity index (χ4v) is 1.71. The molecule has 0 saturated carbocycles. The average molecular weight is 263 g/mol. The van der Waals surface area contributed by atoms with Crippen molar-refractivity contribution in [3.63, 3.8) is 0 Å². The first-order valence-corrected chi connectivity index (χ1v) is 5.05. The first kappa shape index (κ1) is 13.9. The van der Waals surface area contributed by atoms with Gasteiger partial charge in [0.25, 0.3) is 12.3 Å². The van der Waals surface area contributed by atoms with Gasteiger partial charge in [0.2, 0.25) is 0 Å². The second kappa shape index (κ2) is 5.93. The first-order chi connectivity index (χ1) is 7.66. The largest absolute Gasteiger partial charge is 0.346 e. The zero-order chi connectivity index (χ0) is 11.5. The van der Waals surface area contributed by atoms with Crippen molar-refractivity contribution in [2.45, 2.75) is 19.5 Å². The summed E-state index contributed by atoms with van der Waals surface area (Å²) in [6, 6.07) is 5.26. The summed E-state index contributed by atoms with van der Waals surface area (Å²) < 4.78 is 23.8. The summed E-state index contributed by atoms with van der Waals surface area (Å²) in [5.74, 6) is -0.449. The quantitative estimate of drug-likeness (QED) is 0.871. The van der Waals surface area contributed by atoms with E-state index < -0.39 is 18.9 Å². The molecule has 0 atom stereocenters. The normalized spacial score (nSPS) is 13.1. The molecule has 1 aliphatic rings. The molecule has 0 saturated heterocycles. The van der Waals surface area contributed by atoms with Crippen LogP contribution in [0.3, 0.4) is 0 Å². The lowest BCUT2D eigenvalue weighted by atomic mass is 10.1. The van der Waals surface area contributed by atoms with Gasteiger partial charge in [-0.1, -0.05) is 6.07 Å². The molecule has 0 spiro atoms. The van der Waals surface area contributed by atoms with Gasteiger partial charge >= 0.3 is 0 Å². The highest BCUT2D eigenvalue weighted by molar-refractivity contribution is 5.94. The average Bonchev–Trinajstić information content (AvgIpc) is 2.72. The SMILES string of the molecule is Cl.O=C(NCC(F)F)c1ccc2c(c1)CNC2. The maximum atomic E-state index is 11.9. The molecule has 1 aromatic rings. The second-order valence-corrected chi connectivity index (χ2v) is 3.69. The number of benzene rings is 1. The smallest absolute Gasteiger partial charge is 0.255 e. The molecule has 2 N–H and O–H groups in total. The number of rotatable bonds is 3. The lowest BCUT2D eigenvalue weighted by Crippen LogP contribution is -2.28. The molecule has 0 unspecified atom stereocenters. The molecule has 94 valence electrons. The molecule has 0 fully saturated rings. The van der Waals surface area contributed by atoms with Crippen LogP contribution in [-0.4, -0.2) is 18.9 Å². The lowest BCUT2D eigenvalue weighted by Gasteiger charge is -2.05. The van der Waals surface area contributed by atoms with E-state index in [9.17, 15) is 13.6 Å². The Kier molecular flexibility index (Phi) is 4.84. The van der Waals surface area contributed by atoms with Gasteiger partial charge in [-0.2, -0.15) is 0 Å². The Labute approximate surface area is 104 Å². The van der Waals surface area contributed by atoms with Gasteiger partial charge in [-0.25, -0.2) is 8.78 Å². The molecule has 1 aromatic carbocycles. The van der Waals surface area contributed by atoms with Crippen molar-refractivity contribution in [1.82, 2.24) is 10.6 Å². The number of carbonyl (C=O) groups excluding carboxylic acids is 1. The number of nitrogens with one attached hydrogen (secondary N) is 2. The van der Waals surface area contributed by atoms with Crippen LogP contribution in [0.5, 0.6) is 0 Å². The van der Waals surface area contributed by atoms with E-state index in [0.29, 0.717) is 5.56 Å². The van der Waals surface area contributed by atoms with Gasteiger partial charge < -0.3 is 10.6 Å². The predicted molar refractivity (Wildman–Crippen MR) is 62.6 cm³/mol. The van der Waals surface area contributed by atoms with Crippen molar-refractivity contribution in [3.8, 4) is 0 Å². The van der Waals surface area contributed by atoms with E-state index in [1.54, 1.807) is 12.1 Å². The number of hydrogen-bond donors (Lipinski definition) is 2. The number of halogens is 3. The van der Waals surface area contributed by atoms with E-state index in [2.05, 4.69) is 10.6 Å². The lowest BCUT2D eigenvalue weighted by molar-refractivity contribution is 0.0891. The Hall–Kier alpha value is -1.20. The van der Waals surface area contributed by atoms with E-state index in [1.807, 2.05) is 6.07 Å². The van der Waals surface area contributed by atoms with E-state index in [-0.39, 0.29) is 12.4 Å². The Morgan fingerprint density at radius 2 is 2.06 bits per heavy atom. The van der Waals surface area contributed by atoms with Crippen molar-refractivity contribution >= 4 is 18.3 Å². The Morgan fingerprint density at radius 3 is 2.76 bits per heavy atom. The van der Waals surface area contributed by atoms with Crippen LogP contribution < -0.4 is 10.6 Å². The summed E-state index contributed by atoms with van der Waals surface area (Å²) in [5, 5.41) is 5.33. The molecule has 2 rings (SSSR count). The van der Waals surface area contributed by atoms with Gasteiger partial charge in [-0.15, -0.1) is 12.4 Å². The monoisotopic (exact) mass is 262 g/mol. The molecule has 0 aromatic heterocycles. The van der Waals surface area contributed by atoms with Crippen LogP contribution in [0, 0.1) is 0 Å². The molecular formula is C11H13ClF2N2O. The topological polar surface area (TPSA) is 41.1 Å². The number of hydrogen-bond acceptors (Lipinski definition) is 2. The van der Waals surface area contributed by atoms with Gasteiger partial charge in [-0.3, -0.25) is 4.79 Å². The minimum Gasteiger partial charge on any atom is -0.346 e. The zero-order valence-electron chi connectivity index (χ0n) is 9.00. The maximum Gasteiger partial charge on any atom is 0.255 e. The van der Waals surface area contributed by atoms with Crippen LogP contribution in [0.2, 0.25) is 0 Å². The third kappa shape index (κ3) is 3.38. The second-order valence-electron chi connectivity index (χ2n) is 3.69. The Morgan fingerprint density at radius 1 is 1.35 bits per heavy atom. The number of alkyl halides is 2. The number of fused-ring (bicyclic) bond motifs is 1. The molecule has 1 amide bonds. The van der Waals surface area contributed by atoms with Gasteiger partial charge in [0.1, 0.15) is 0 Å². The van der Waals surface area contributed by atoms with Crippen LogP contribution in [0.15, 0.2) is 18.2 Å². The molecule has 1 heterocycles. The summed E-state index contributed by atoms with van der Waals surface area (Å²) in [7, 11) is 0. The zero-order valence-corrected chi connectivity index (χ0v) is 9.82. The van der Waals surface area contributed by atoms with E-state index in [4.69, 9.17) is 0 Å². The van der Waals surface area contributed by atoms with E-state index >= 15 is 0 Å². The fourth-order valence-electron chi connectivity index (χ4n) is 1.71. The first-order valence-electron chi connectivity index (χ1n) is 5.05. The number of amides is 1. The van der Waals surface area contributed by atoms with Gasteiger partial charge in [0.05, 0.1) is 6.54 Å². The van der Waals surface area contributed by atoms with Crippen LogP contribution in [0.25, 0.3) is 0 Å². The predicted octanol–water partition coefficient (Wildman–Crippen LogP) is 1.71. The molecular weight excluding hydrogens is 250 g/mol. The highest BCUT2D eigenvalue weighted by Gasteiger charge is 2.14. The molecule has 17 heavy (non-hydrogen) atoms. The minimum absolute atomic E-state index is 0. The molecule has 1 aliphatic heterocycles. The van der Waals surface area contributed by atoms with E-state index in [1.165, 1.54) is 0 Å².